The third-order valence-electron chi connectivity index (χ3n) is 4.69. The highest BCUT2D eigenvalue weighted by molar-refractivity contribution is 8.13. The van der Waals surface area contributed by atoms with E-state index < -0.39 is 0 Å². The molecule has 0 unspecified atom stereocenters. The summed E-state index contributed by atoms with van der Waals surface area (Å²) in [5.41, 5.74) is 8.03. The number of aliphatic imine (C=N–C) groups is 1. The zero-order valence-electron chi connectivity index (χ0n) is 16.2. The summed E-state index contributed by atoms with van der Waals surface area (Å²) in [6, 6.07) is 11.5. The van der Waals surface area contributed by atoms with Gasteiger partial charge in [0.2, 0.25) is 0 Å². The number of carbonyl (C=O) groups excluding carboxylic acids is 1. The maximum absolute atomic E-state index is 12.6. The molecule has 0 aliphatic carbocycles. The highest BCUT2D eigenvalue weighted by Crippen LogP contribution is 2.35. The Labute approximate surface area is 176 Å². The van der Waals surface area contributed by atoms with Crippen molar-refractivity contribution < 1.29 is 14.3 Å². The lowest BCUT2D eigenvalue weighted by Gasteiger charge is -2.30. The number of hydrogen-bond acceptors (Lipinski definition) is 7. The molecule has 0 saturated carbocycles. The summed E-state index contributed by atoms with van der Waals surface area (Å²) in [6.07, 6.45) is 2.77. The Hall–Kier alpha value is -2.38. The lowest BCUT2D eigenvalue weighted by Crippen LogP contribution is -2.28. The van der Waals surface area contributed by atoms with E-state index in [2.05, 4.69) is 16.9 Å². The molecule has 1 atom stereocenters. The first-order valence-corrected chi connectivity index (χ1v) is 10.2. The van der Waals surface area contributed by atoms with E-state index >= 15 is 0 Å². The zero-order valence-corrected chi connectivity index (χ0v) is 17.0. The highest BCUT2D eigenvalue weighted by Gasteiger charge is 2.29. The standard InChI is InChI=1S/C21H25N3O3S.CH4/c1-21(8-11-28-20(22)24-21)16-5-3-4-15(12-16)13-19(25)18-7-6-17(14-23-18)27-10-9-26-2;/h3-7,12,14H,8-11,13H2,1-2H3,(H2,22,24);1H4/t21-;/m0./s1. The fourth-order valence-corrected chi connectivity index (χ4v) is 4.04. The minimum Gasteiger partial charge on any atom is -0.490 e. The number of hydrogen-bond donors (Lipinski definition) is 1. The summed E-state index contributed by atoms with van der Waals surface area (Å²) < 4.78 is 10.4. The number of rotatable bonds is 8. The average molecular weight is 416 g/mol. The van der Waals surface area contributed by atoms with Crippen molar-refractivity contribution in [3.05, 3.63) is 59.4 Å². The first-order valence-electron chi connectivity index (χ1n) is 9.19. The topological polar surface area (TPSA) is 86.8 Å². The summed E-state index contributed by atoms with van der Waals surface area (Å²) in [7, 11) is 1.62. The van der Waals surface area contributed by atoms with Gasteiger partial charge in [0.1, 0.15) is 18.1 Å². The fourth-order valence-electron chi connectivity index (χ4n) is 3.06. The van der Waals surface area contributed by atoms with Crippen LogP contribution in [0.25, 0.3) is 0 Å². The molecule has 1 aromatic carbocycles. The Morgan fingerprint density at radius 1 is 1.28 bits per heavy atom. The third-order valence-corrected chi connectivity index (χ3v) is 5.48. The van der Waals surface area contributed by atoms with Crippen LogP contribution in [0, 0.1) is 0 Å². The largest absolute Gasteiger partial charge is 0.490 e. The molecule has 1 aromatic heterocycles. The molecule has 1 aliphatic rings. The predicted molar refractivity (Wildman–Crippen MR) is 119 cm³/mol. The van der Waals surface area contributed by atoms with Crippen molar-refractivity contribution >= 4 is 22.7 Å². The van der Waals surface area contributed by atoms with Gasteiger partial charge in [-0.25, -0.2) is 4.98 Å². The Morgan fingerprint density at radius 2 is 2.10 bits per heavy atom. The van der Waals surface area contributed by atoms with Crippen LogP contribution < -0.4 is 10.5 Å². The van der Waals surface area contributed by atoms with E-state index in [1.807, 2.05) is 24.3 Å². The number of ketones is 1. The number of benzene rings is 1. The van der Waals surface area contributed by atoms with Gasteiger partial charge in [0.15, 0.2) is 11.0 Å². The monoisotopic (exact) mass is 415 g/mol. The van der Waals surface area contributed by atoms with Gasteiger partial charge in [-0.15, -0.1) is 0 Å². The van der Waals surface area contributed by atoms with Crippen molar-refractivity contribution in [1.29, 1.82) is 0 Å². The van der Waals surface area contributed by atoms with Crippen LogP contribution in [0.1, 0.15) is 42.4 Å². The Kier molecular flexibility index (Phi) is 8.22. The minimum atomic E-state index is -0.339. The number of methoxy groups -OCH3 is 1. The number of amidine groups is 1. The summed E-state index contributed by atoms with van der Waals surface area (Å²) in [5, 5.41) is 0.618. The van der Waals surface area contributed by atoms with Crippen molar-refractivity contribution in [2.45, 2.75) is 32.7 Å². The van der Waals surface area contributed by atoms with Crippen molar-refractivity contribution in [3.8, 4) is 5.75 Å². The van der Waals surface area contributed by atoms with Gasteiger partial charge in [0, 0.05) is 19.3 Å². The van der Waals surface area contributed by atoms with Crippen molar-refractivity contribution in [1.82, 2.24) is 4.98 Å². The fraction of sp³-hybridized carbons (Fsp3) is 0.409. The van der Waals surface area contributed by atoms with Crippen molar-refractivity contribution in [3.63, 3.8) is 0 Å². The molecule has 2 heterocycles. The number of Topliss-reactive ketones (excluding diaryl/α,β-unsaturated/α-hetero) is 1. The molecule has 7 heteroatoms. The first kappa shape index (κ1) is 22.9. The van der Waals surface area contributed by atoms with Crippen molar-refractivity contribution in [2.24, 2.45) is 10.7 Å². The maximum Gasteiger partial charge on any atom is 0.185 e. The van der Waals surface area contributed by atoms with E-state index in [9.17, 15) is 4.79 Å². The van der Waals surface area contributed by atoms with Gasteiger partial charge in [-0.05, 0) is 36.6 Å². The van der Waals surface area contributed by atoms with E-state index in [0.717, 1.165) is 23.3 Å². The molecule has 0 amide bonds. The van der Waals surface area contributed by atoms with E-state index in [0.29, 0.717) is 29.8 Å². The van der Waals surface area contributed by atoms with E-state index in [4.69, 9.17) is 15.2 Å². The molecule has 29 heavy (non-hydrogen) atoms. The van der Waals surface area contributed by atoms with Gasteiger partial charge in [-0.3, -0.25) is 9.79 Å². The number of aromatic nitrogens is 1. The first-order chi connectivity index (χ1) is 13.5. The molecule has 0 saturated heterocycles. The Bertz CT molecular complexity index is 855. The smallest absolute Gasteiger partial charge is 0.185 e. The number of ether oxygens (including phenoxy) is 2. The number of nitrogens with two attached hydrogens (primary N) is 1. The van der Waals surface area contributed by atoms with Gasteiger partial charge in [-0.1, -0.05) is 43.5 Å². The molecule has 2 aromatic rings. The van der Waals surface area contributed by atoms with Gasteiger partial charge in [0.05, 0.1) is 18.3 Å². The van der Waals surface area contributed by atoms with Crippen LogP contribution in [-0.4, -0.2) is 42.0 Å². The second kappa shape index (κ2) is 10.4. The normalized spacial score (nSPS) is 18.5. The minimum absolute atomic E-state index is 0. The predicted octanol–water partition coefficient (Wildman–Crippen LogP) is 3.84. The summed E-state index contributed by atoms with van der Waals surface area (Å²) >= 11 is 1.58. The van der Waals surface area contributed by atoms with Crippen LogP contribution in [-0.2, 0) is 16.7 Å². The second-order valence-corrected chi connectivity index (χ2v) is 7.96. The lowest BCUT2D eigenvalue weighted by atomic mass is 9.88. The van der Waals surface area contributed by atoms with Crippen LogP contribution in [0.15, 0.2) is 47.6 Å². The van der Waals surface area contributed by atoms with E-state index in [1.165, 1.54) is 0 Å². The SMILES string of the molecule is C.COCCOc1ccc(C(=O)Cc2cccc([C@]3(C)CCSC(N)=N3)c2)nc1. The molecular weight excluding hydrogens is 386 g/mol. The van der Waals surface area contributed by atoms with Gasteiger partial charge < -0.3 is 15.2 Å². The number of carbonyl (C=O) groups is 1. The number of pyridine rings is 1. The average Bonchev–Trinajstić information content (AvgIpc) is 2.69. The van der Waals surface area contributed by atoms with Crippen LogP contribution >= 0.6 is 11.8 Å². The quantitative estimate of drug-likeness (QED) is 0.521. The number of nitrogens with zero attached hydrogens (tertiary/aromatic N) is 2. The van der Waals surface area contributed by atoms with E-state index in [-0.39, 0.29) is 25.2 Å². The molecule has 1 aliphatic heterocycles. The highest BCUT2D eigenvalue weighted by atomic mass is 32.2. The molecule has 0 radical (unpaired) electrons. The van der Waals surface area contributed by atoms with Gasteiger partial charge in [0.25, 0.3) is 0 Å². The third kappa shape index (κ3) is 6.05. The molecule has 0 bridgehead atoms. The molecule has 156 valence electrons. The van der Waals surface area contributed by atoms with Crippen LogP contribution in [0.4, 0.5) is 0 Å². The molecule has 3 rings (SSSR count). The summed E-state index contributed by atoms with van der Waals surface area (Å²) in [4.78, 5) is 21.5. The molecule has 0 fully saturated rings. The van der Waals surface area contributed by atoms with Gasteiger partial charge in [-0.2, -0.15) is 0 Å². The van der Waals surface area contributed by atoms with E-state index in [1.54, 1.807) is 37.2 Å². The molecular formula is C22H29N3O3S. The van der Waals surface area contributed by atoms with Gasteiger partial charge >= 0.3 is 0 Å². The lowest BCUT2D eigenvalue weighted by molar-refractivity contribution is 0.0988. The maximum atomic E-state index is 12.6. The zero-order chi connectivity index (χ0) is 20.0. The molecule has 6 nitrogen and oxygen atoms in total. The number of thioether (sulfide) groups is 1. The summed E-state index contributed by atoms with van der Waals surface area (Å²) in [5.74, 6) is 1.53. The summed E-state index contributed by atoms with van der Waals surface area (Å²) in [6.45, 7) is 3.04. The molecule has 2 N–H and O–H groups in total. The van der Waals surface area contributed by atoms with Crippen molar-refractivity contribution in [2.75, 3.05) is 26.1 Å². The molecule has 0 spiro atoms. The van der Waals surface area contributed by atoms with Crippen LogP contribution in [0.5, 0.6) is 5.75 Å². The van der Waals surface area contributed by atoms with Crippen LogP contribution in [0.3, 0.4) is 0 Å². The Balaban J connectivity index is 0.00000300. The Morgan fingerprint density at radius 3 is 2.79 bits per heavy atom. The second-order valence-electron chi connectivity index (χ2n) is 6.84. The van der Waals surface area contributed by atoms with Crippen LogP contribution in [0.2, 0.25) is 0 Å².